The fourth-order valence-electron chi connectivity index (χ4n) is 6.70. The van der Waals surface area contributed by atoms with E-state index in [1.807, 2.05) is 49.1 Å². The zero-order chi connectivity index (χ0) is 31.7. The molecule has 2 saturated heterocycles. The molecule has 0 radical (unpaired) electrons. The molecule has 0 aliphatic carbocycles. The van der Waals surface area contributed by atoms with Crippen LogP contribution in [0.15, 0.2) is 48.5 Å². The fourth-order valence-corrected chi connectivity index (χ4v) is 6.70. The topological polar surface area (TPSA) is 77.6 Å². The molecule has 3 aromatic rings. The van der Waals surface area contributed by atoms with Crippen molar-refractivity contribution in [1.82, 2.24) is 9.80 Å². The first-order valence-electron chi connectivity index (χ1n) is 15.1. The van der Waals surface area contributed by atoms with E-state index in [1.165, 1.54) is 0 Å². The molecule has 3 aromatic carbocycles. The van der Waals surface area contributed by atoms with E-state index in [9.17, 15) is 18.8 Å². The maximum atomic E-state index is 14.7. The van der Waals surface area contributed by atoms with Gasteiger partial charge in [-0.05, 0) is 75.6 Å². The van der Waals surface area contributed by atoms with Crippen molar-refractivity contribution in [2.45, 2.75) is 59.3 Å². The Kier molecular flexibility index (Phi) is 8.90. The van der Waals surface area contributed by atoms with Crippen LogP contribution in [0.1, 0.15) is 58.9 Å². The Morgan fingerprint density at radius 2 is 1.45 bits per heavy atom. The smallest absolute Gasteiger partial charge is 0.254 e. The van der Waals surface area contributed by atoms with Crippen molar-refractivity contribution in [1.29, 1.82) is 10.5 Å². The van der Waals surface area contributed by atoms with Crippen LogP contribution in [0.3, 0.4) is 0 Å². The molecular formula is C35H38F2N6O. The second-order valence-corrected chi connectivity index (χ2v) is 12.2. The van der Waals surface area contributed by atoms with E-state index in [-0.39, 0.29) is 35.3 Å². The average Bonchev–Trinajstić information content (AvgIpc) is 3.00. The van der Waals surface area contributed by atoms with E-state index >= 15 is 0 Å². The molecule has 3 unspecified atom stereocenters. The summed E-state index contributed by atoms with van der Waals surface area (Å²) < 4.78 is 29.0. The summed E-state index contributed by atoms with van der Waals surface area (Å²) in [5, 5.41) is 18.6. The molecule has 7 nitrogen and oxygen atoms in total. The molecule has 228 valence electrons. The number of aryl methyl sites for hydroxylation is 2. The lowest BCUT2D eigenvalue weighted by Crippen LogP contribution is -2.56. The van der Waals surface area contributed by atoms with Crippen LogP contribution in [0, 0.1) is 48.1 Å². The third-order valence-electron chi connectivity index (χ3n) is 9.12. The number of halogens is 2. The number of carbonyl (C=O) groups excluding carboxylic acids is 1. The van der Waals surface area contributed by atoms with Crippen molar-refractivity contribution in [2.24, 2.45) is 0 Å². The number of amides is 1. The van der Waals surface area contributed by atoms with Crippen LogP contribution in [-0.4, -0.2) is 66.6 Å². The summed E-state index contributed by atoms with van der Waals surface area (Å²) in [5.41, 5.74) is 5.23. The van der Waals surface area contributed by atoms with E-state index in [1.54, 1.807) is 11.0 Å². The van der Waals surface area contributed by atoms with Gasteiger partial charge in [0.05, 0.1) is 22.5 Å². The Bertz CT molecular complexity index is 1650. The quantitative estimate of drug-likeness (QED) is 0.372. The summed E-state index contributed by atoms with van der Waals surface area (Å²) in [6.45, 7) is 13.7. The van der Waals surface area contributed by atoms with Crippen molar-refractivity contribution < 1.29 is 13.6 Å². The van der Waals surface area contributed by atoms with E-state index in [0.717, 1.165) is 47.6 Å². The first kappa shape index (κ1) is 31.0. The lowest BCUT2D eigenvalue weighted by atomic mass is 9.96. The van der Waals surface area contributed by atoms with Gasteiger partial charge in [-0.15, -0.1) is 0 Å². The van der Waals surface area contributed by atoms with E-state index in [4.69, 9.17) is 5.26 Å². The van der Waals surface area contributed by atoms with Gasteiger partial charge in [-0.25, -0.2) is 8.78 Å². The minimum atomic E-state index is -0.755. The van der Waals surface area contributed by atoms with E-state index in [0.29, 0.717) is 37.3 Å². The maximum Gasteiger partial charge on any atom is 0.254 e. The van der Waals surface area contributed by atoms with Gasteiger partial charge in [-0.1, -0.05) is 18.2 Å². The molecule has 0 bridgehead atoms. The third kappa shape index (κ3) is 5.98. The summed E-state index contributed by atoms with van der Waals surface area (Å²) >= 11 is 0. The first-order chi connectivity index (χ1) is 21.0. The Labute approximate surface area is 258 Å². The molecule has 0 saturated carbocycles. The molecule has 1 amide bonds. The highest BCUT2D eigenvalue weighted by Crippen LogP contribution is 2.30. The van der Waals surface area contributed by atoms with Crippen LogP contribution >= 0.6 is 0 Å². The number of nitrogens with zero attached hydrogens (tertiary/aromatic N) is 6. The summed E-state index contributed by atoms with van der Waals surface area (Å²) in [6, 6.07) is 18.0. The summed E-state index contributed by atoms with van der Waals surface area (Å²) in [5.74, 6) is -1.47. The predicted octanol–water partition coefficient (Wildman–Crippen LogP) is 5.78. The zero-order valence-electron chi connectivity index (χ0n) is 25.9. The largest absolute Gasteiger partial charge is 0.367 e. The second kappa shape index (κ2) is 12.6. The predicted molar refractivity (Wildman–Crippen MR) is 168 cm³/mol. The molecule has 0 aromatic heterocycles. The fraction of sp³-hybridized carbons (Fsp3) is 0.400. The summed E-state index contributed by atoms with van der Waals surface area (Å²) in [4.78, 5) is 22.2. The minimum Gasteiger partial charge on any atom is -0.367 e. The van der Waals surface area contributed by atoms with Gasteiger partial charge >= 0.3 is 0 Å². The number of benzene rings is 3. The molecule has 2 aliphatic heterocycles. The van der Waals surface area contributed by atoms with Crippen molar-refractivity contribution >= 4 is 17.3 Å². The SMILES string of the molecule is Cc1cc(C)c(C(=O)N2CCN(c3cc(F)c(C#N)cc3F)CC2C)cc1CN1C(C)CN(c2ccccc2C#N)CC1C. The van der Waals surface area contributed by atoms with Crippen LogP contribution < -0.4 is 9.80 Å². The lowest BCUT2D eigenvalue weighted by molar-refractivity contribution is 0.0672. The van der Waals surface area contributed by atoms with Crippen LogP contribution in [0.2, 0.25) is 0 Å². The second-order valence-electron chi connectivity index (χ2n) is 12.2. The molecule has 2 fully saturated rings. The molecule has 2 aliphatic rings. The molecule has 3 atom stereocenters. The minimum absolute atomic E-state index is 0.0681. The van der Waals surface area contributed by atoms with Gasteiger partial charge in [0.15, 0.2) is 0 Å². The zero-order valence-corrected chi connectivity index (χ0v) is 25.9. The molecule has 5 rings (SSSR count). The first-order valence-corrected chi connectivity index (χ1v) is 15.1. The molecule has 9 heteroatoms. The highest BCUT2D eigenvalue weighted by atomic mass is 19.1. The third-order valence-corrected chi connectivity index (χ3v) is 9.12. The van der Waals surface area contributed by atoms with Crippen molar-refractivity contribution in [3.8, 4) is 12.1 Å². The van der Waals surface area contributed by atoms with Crippen LogP contribution in [0.4, 0.5) is 20.2 Å². The van der Waals surface area contributed by atoms with Gasteiger partial charge in [0, 0.05) is 69.0 Å². The normalized spacial score (nSPS) is 20.8. The summed E-state index contributed by atoms with van der Waals surface area (Å²) in [6.07, 6.45) is 0. The average molecular weight is 597 g/mol. The number of hydrogen-bond donors (Lipinski definition) is 0. The molecule has 2 heterocycles. The van der Waals surface area contributed by atoms with Gasteiger partial charge in [0.1, 0.15) is 23.8 Å². The molecule has 0 spiro atoms. The van der Waals surface area contributed by atoms with Crippen LogP contribution in [-0.2, 0) is 6.54 Å². The monoisotopic (exact) mass is 596 g/mol. The number of piperazine rings is 2. The number of para-hydroxylation sites is 1. The number of anilines is 2. The van der Waals surface area contributed by atoms with Crippen molar-refractivity contribution in [3.05, 3.63) is 93.5 Å². The summed E-state index contributed by atoms with van der Waals surface area (Å²) in [7, 11) is 0. The Hall–Kier alpha value is -4.47. The van der Waals surface area contributed by atoms with Gasteiger partial charge in [-0.3, -0.25) is 9.69 Å². The maximum absolute atomic E-state index is 14.7. The van der Waals surface area contributed by atoms with Gasteiger partial charge < -0.3 is 14.7 Å². The number of hydrogen-bond acceptors (Lipinski definition) is 6. The Balaban J connectivity index is 1.31. The van der Waals surface area contributed by atoms with Gasteiger partial charge in [0.2, 0.25) is 0 Å². The lowest BCUT2D eigenvalue weighted by Gasteiger charge is -2.46. The van der Waals surface area contributed by atoms with Gasteiger partial charge in [-0.2, -0.15) is 10.5 Å². The molecular weight excluding hydrogens is 558 g/mol. The number of carbonyl (C=O) groups is 1. The number of rotatable bonds is 5. The van der Waals surface area contributed by atoms with Crippen molar-refractivity contribution in [3.63, 3.8) is 0 Å². The Morgan fingerprint density at radius 3 is 2.11 bits per heavy atom. The van der Waals surface area contributed by atoms with Crippen molar-refractivity contribution in [2.75, 3.05) is 42.5 Å². The molecule has 0 N–H and O–H groups in total. The van der Waals surface area contributed by atoms with E-state index < -0.39 is 11.6 Å². The highest BCUT2D eigenvalue weighted by Gasteiger charge is 2.33. The number of nitriles is 2. The standard InChI is InChI=1S/C35H38F2N6O/c1-22-12-23(2)30(35(44)42-11-10-40(18-24(42)3)34-15-31(36)28(17-39)14-32(34)37)13-29(22)21-43-25(4)19-41(20-26(43)5)33-9-7-6-8-27(33)16-38/h6-9,12-15,24-26H,10-11,18-21H2,1-5H3. The highest BCUT2D eigenvalue weighted by molar-refractivity contribution is 5.96. The molecule has 44 heavy (non-hydrogen) atoms. The Morgan fingerprint density at radius 1 is 0.795 bits per heavy atom. The van der Waals surface area contributed by atoms with E-state index in [2.05, 4.69) is 42.7 Å². The van der Waals surface area contributed by atoms with Crippen LogP contribution in [0.5, 0.6) is 0 Å². The van der Waals surface area contributed by atoms with Gasteiger partial charge in [0.25, 0.3) is 5.91 Å². The van der Waals surface area contributed by atoms with Crippen LogP contribution in [0.25, 0.3) is 0 Å².